The van der Waals surface area contributed by atoms with Gasteiger partial charge in [-0.25, -0.2) is 4.79 Å². The van der Waals surface area contributed by atoms with Gasteiger partial charge in [0.25, 0.3) is 10.0 Å². The summed E-state index contributed by atoms with van der Waals surface area (Å²) < 4.78 is 26.7. The van der Waals surface area contributed by atoms with E-state index >= 15 is 0 Å². The number of aromatic amines is 1. The van der Waals surface area contributed by atoms with Gasteiger partial charge >= 0.3 is 5.97 Å². The molecule has 9 heteroatoms. The number of para-hydroxylation sites is 1. The Morgan fingerprint density at radius 3 is 2.67 bits per heavy atom. The molecule has 8 nitrogen and oxygen atoms in total. The molecule has 0 fully saturated rings. The molecule has 21 heavy (non-hydrogen) atoms. The summed E-state index contributed by atoms with van der Waals surface area (Å²) in [5.74, 6) is -1.41. The number of nitrogens with zero attached hydrogens (tertiary/aromatic N) is 1. The number of carbonyl (C=O) groups is 1. The van der Waals surface area contributed by atoms with Crippen molar-refractivity contribution in [3.63, 3.8) is 0 Å². The Balaban J connectivity index is 2.43. The topological polar surface area (TPSA) is 132 Å². The highest BCUT2D eigenvalue weighted by molar-refractivity contribution is 7.92. The average molecular weight is 311 g/mol. The van der Waals surface area contributed by atoms with Crippen LogP contribution >= 0.6 is 0 Å². The molecule has 0 aliphatic heterocycles. The number of hydrogen-bond donors (Lipinski definition) is 4. The summed E-state index contributed by atoms with van der Waals surface area (Å²) in [7, 11) is -4.16. The highest BCUT2D eigenvalue weighted by atomic mass is 32.2. The number of aromatic nitrogens is 2. The smallest absolute Gasteiger partial charge is 0.340 e. The Morgan fingerprint density at radius 1 is 1.38 bits per heavy atom. The van der Waals surface area contributed by atoms with Crippen molar-refractivity contribution in [2.75, 3.05) is 4.72 Å². The summed E-state index contributed by atoms with van der Waals surface area (Å²) in [6.45, 7) is 1.49. The van der Waals surface area contributed by atoms with Gasteiger partial charge in [-0.05, 0) is 13.0 Å². The third-order valence-electron chi connectivity index (χ3n) is 2.76. The number of carboxylic acids is 1. The molecule has 0 aliphatic carbocycles. The fourth-order valence-electron chi connectivity index (χ4n) is 1.78. The van der Waals surface area contributed by atoms with Crippen molar-refractivity contribution in [1.29, 1.82) is 0 Å². The lowest BCUT2D eigenvalue weighted by atomic mass is 10.1. The molecule has 0 aliphatic rings. The first-order chi connectivity index (χ1) is 9.83. The molecule has 0 saturated heterocycles. The number of benzene rings is 1. The predicted molar refractivity (Wildman–Crippen MR) is 73.4 cm³/mol. The zero-order valence-electron chi connectivity index (χ0n) is 10.9. The average Bonchev–Trinajstić information content (AvgIpc) is 2.88. The van der Waals surface area contributed by atoms with Gasteiger partial charge in [-0.15, -0.1) is 0 Å². The highest BCUT2D eigenvalue weighted by Crippen LogP contribution is 2.25. The lowest BCUT2D eigenvalue weighted by molar-refractivity contribution is 0.0692. The molecule has 2 rings (SSSR count). The zero-order valence-corrected chi connectivity index (χ0v) is 11.8. The zero-order chi connectivity index (χ0) is 15.6. The standard InChI is InChI=1S/C12H13N3O5S/c1-7(16)8-4-2-3-5-10(8)15-21(19,20)11-9(12(17)18)6-13-14-11/h2-7,15-16H,1H3,(H,13,14)(H,17,18). The number of carboxylic acid groups (broad SMARTS) is 1. The maximum atomic E-state index is 12.2. The van der Waals surface area contributed by atoms with Gasteiger partial charge in [0.2, 0.25) is 0 Å². The number of H-pyrrole nitrogens is 1. The first kappa shape index (κ1) is 15.0. The van der Waals surface area contributed by atoms with Crippen molar-refractivity contribution in [1.82, 2.24) is 10.2 Å². The van der Waals surface area contributed by atoms with E-state index in [1.165, 1.54) is 13.0 Å². The number of hydrogen-bond acceptors (Lipinski definition) is 5. The molecule has 0 amide bonds. The molecule has 1 aromatic heterocycles. The number of rotatable bonds is 5. The number of aliphatic hydroxyl groups is 1. The van der Waals surface area contributed by atoms with Crippen LogP contribution in [-0.4, -0.2) is 34.8 Å². The normalized spacial score (nSPS) is 12.9. The van der Waals surface area contributed by atoms with Crippen molar-refractivity contribution < 1.29 is 23.4 Å². The van der Waals surface area contributed by atoms with Crippen LogP contribution in [0.4, 0.5) is 5.69 Å². The van der Waals surface area contributed by atoms with E-state index in [2.05, 4.69) is 14.9 Å². The van der Waals surface area contributed by atoms with E-state index in [4.69, 9.17) is 5.11 Å². The van der Waals surface area contributed by atoms with Crippen LogP contribution in [0.3, 0.4) is 0 Å². The van der Waals surface area contributed by atoms with Crippen LogP contribution in [0.15, 0.2) is 35.5 Å². The molecular formula is C12H13N3O5S. The van der Waals surface area contributed by atoms with Crippen molar-refractivity contribution in [2.45, 2.75) is 18.1 Å². The number of aliphatic hydroxyl groups excluding tert-OH is 1. The third-order valence-corrected chi connectivity index (χ3v) is 4.10. The molecule has 4 N–H and O–H groups in total. The maximum absolute atomic E-state index is 12.2. The molecule has 0 radical (unpaired) electrons. The van der Waals surface area contributed by atoms with Gasteiger partial charge in [0.1, 0.15) is 5.56 Å². The Morgan fingerprint density at radius 2 is 2.05 bits per heavy atom. The molecular weight excluding hydrogens is 298 g/mol. The summed E-state index contributed by atoms with van der Waals surface area (Å²) in [5.41, 5.74) is 0.0768. The predicted octanol–water partition coefficient (Wildman–Crippen LogP) is 0.962. The number of anilines is 1. The summed E-state index contributed by atoms with van der Waals surface area (Å²) in [6.07, 6.45) is 0.0295. The Kier molecular flexibility index (Phi) is 3.96. The van der Waals surface area contributed by atoms with Gasteiger partial charge in [0.05, 0.1) is 18.0 Å². The molecule has 0 bridgehead atoms. The molecule has 0 spiro atoms. The van der Waals surface area contributed by atoms with Gasteiger partial charge in [0, 0.05) is 5.56 Å². The third kappa shape index (κ3) is 3.03. The molecule has 1 unspecified atom stereocenters. The second-order valence-corrected chi connectivity index (χ2v) is 5.91. The van der Waals surface area contributed by atoms with Gasteiger partial charge in [-0.3, -0.25) is 9.82 Å². The van der Waals surface area contributed by atoms with E-state index in [0.717, 1.165) is 6.20 Å². The van der Waals surface area contributed by atoms with Crippen molar-refractivity contribution >= 4 is 21.7 Å². The summed E-state index contributed by atoms with van der Waals surface area (Å²) in [6, 6.07) is 6.28. The van der Waals surface area contributed by atoms with Gasteiger partial charge in [0.15, 0.2) is 5.03 Å². The molecule has 1 aromatic carbocycles. The van der Waals surface area contributed by atoms with E-state index < -0.39 is 32.7 Å². The monoisotopic (exact) mass is 311 g/mol. The van der Waals surface area contributed by atoms with Crippen molar-refractivity contribution in [3.05, 3.63) is 41.6 Å². The summed E-state index contributed by atoms with van der Waals surface area (Å²) >= 11 is 0. The van der Waals surface area contributed by atoms with E-state index in [-0.39, 0.29) is 5.69 Å². The van der Waals surface area contributed by atoms with Crippen LogP contribution < -0.4 is 4.72 Å². The fourth-order valence-corrected chi connectivity index (χ4v) is 2.96. The number of sulfonamides is 1. The highest BCUT2D eigenvalue weighted by Gasteiger charge is 2.25. The van der Waals surface area contributed by atoms with E-state index in [1.807, 2.05) is 0 Å². The fraction of sp³-hybridized carbons (Fsp3) is 0.167. The Bertz CT molecular complexity index is 767. The molecule has 112 valence electrons. The molecule has 1 heterocycles. The van der Waals surface area contributed by atoms with Crippen LogP contribution in [0.5, 0.6) is 0 Å². The SMILES string of the molecule is CC(O)c1ccccc1NS(=O)(=O)c1[nH]ncc1C(=O)O. The minimum atomic E-state index is -4.16. The van der Waals surface area contributed by atoms with E-state index in [1.54, 1.807) is 18.2 Å². The molecule has 2 aromatic rings. The second-order valence-electron chi connectivity index (χ2n) is 4.29. The van der Waals surface area contributed by atoms with Crippen molar-refractivity contribution in [2.24, 2.45) is 0 Å². The van der Waals surface area contributed by atoms with Crippen molar-refractivity contribution in [3.8, 4) is 0 Å². The van der Waals surface area contributed by atoms with E-state index in [9.17, 15) is 18.3 Å². The Labute approximate surface area is 120 Å². The Hall–Kier alpha value is -2.39. The quantitative estimate of drug-likeness (QED) is 0.650. The van der Waals surface area contributed by atoms with Crippen LogP contribution in [0.25, 0.3) is 0 Å². The van der Waals surface area contributed by atoms with Crippen LogP contribution in [-0.2, 0) is 10.0 Å². The minimum Gasteiger partial charge on any atom is -0.478 e. The first-order valence-electron chi connectivity index (χ1n) is 5.89. The summed E-state index contributed by atoms with van der Waals surface area (Å²) in [4.78, 5) is 11.0. The van der Waals surface area contributed by atoms with Crippen LogP contribution in [0.2, 0.25) is 0 Å². The van der Waals surface area contributed by atoms with Gasteiger partial charge < -0.3 is 10.2 Å². The largest absolute Gasteiger partial charge is 0.478 e. The maximum Gasteiger partial charge on any atom is 0.340 e. The first-order valence-corrected chi connectivity index (χ1v) is 7.37. The number of aromatic carboxylic acids is 1. The summed E-state index contributed by atoms with van der Waals surface area (Å²) in [5, 5.41) is 23.6. The molecule has 0 saturated carbocycles. The van der Waals surface area contributed by atoms with E-state index in [0.29, 0.717) is 5.56 Å². The van der Waals surface area contributed by atoms with Gasteiger partial charge in [-0.1, -0.05) is 18.2 Å². The number of nitrogens with one attached hydrogen (secondary N) is 2. The molecule has 1 atom stereocenters. The lowest BCUT2D eigenvalue weighted by Crippen LogP contribution is -2.18. The van der Waals surface area contributed by atoms with Crippen LogP contribution in [0, 0.1) is 0 Å². The van der Waals surface area contributed by atoms with Gasteiger partial charge in [-0.2, -0.15) is 13.5 Å². The lowest BCUT2D eigenvalue weighted by Gasteiger charge is -2.13. The second kappa shape index (κ2) is 5.54. The van der Waals surface area contributed by atoms with Crippen LogP contribution in [0.1, 0.15) is 28.9 Å². The minimum absolute atomic E-state index is 0.165.